The van der Waals surface area contributed by atoms with E-state index in [9.17, 15) is 9.59 Å². The first kappa shape index (κ1) is 14.3. The van der Waals surface area contributed by atoms with Gasteiger partial charge in [-0.05, 0) is 12.5 Å². The van der Waals surface area contributed by atoms with Gasteiger partial charge in [0.2, 0.25) is 5.91 Å². The fraction of sp³-hybridized carbons (Fsp3) is 0.312. The lowest BCUT2D eigenvalue weighted by molar-refractivity contribution is -0.121. The number of nitrogens with zero attached hydrogens (tertiary/aromatic N) is 2. The number of hydrogen-bond donors (Lipinski definition) is 2. The molecule has 114 valence electrons. The number of amides is 1. The highest BCUT2D eigenvalue weighted by Crippen LogP contribution is 2.25. The number of unbranched alkanes of at least 4 members (excludes halogenated alkanes) is 1. The lowest BCUT2D eigenvalue weighted by Crippen LogP contribution is -2.29. The molecule has 6 heteroatoms. The highest BCUT2D eigenvalue weighted by Gasteiger charge is 2.15. The fourth-order valence-electron chi connectivity index (χ4n) is 2.68. The Morgan fingerprint density at radius 2 is 2.14 bits per heavy atom. The van der Waals surface area contributed by atoms with Gasteiger partial charge in [-0.15, -0.1) is 0 Å². The van der Waals surface area contributed by atoms with Crippen LogP contribution in [0.3, 0.4) is 0 Å². The van der Waals surface area contributed by atoms with E-state index in [0.717, 1.165) is 29.1 Å². The number of hydrogen-bond acceptors (Lipinski definition) is 3. The Kier molecular flexibility index (Phi) is 3.91. The molecule has 0 spiro atoms. The first-order valence-electron chi connectivity index (χ1n) is 7.43. The standard InChI is InChI=1S/C16H18N4O2/c1-2-3-8-17-14(21)10-20-13-7-5-4-6-11(13)12-9-18-19-16(22)15(12)20/h4-7,9H,2-3,8,10H2,1H3,(H,17,21)(H,19,22). The molecule has 2 heterocycles. The summed E-state index contributed by atoms with van der Waals surface area (Å²) in [5.41, 5.74) is 1.07. The van der Waals surface area contributed by atoms with Gasteiger partial charge in [0.1, 0.15) is 12.1 Å². The number of carbonyl (C=O) groups excluding carboxylic acids is 1. The van der Waals surface area contributed by atoms with Crippen molar-refractivity contribution in [1.82, 2.24) is 20.1 Å². The summed E-state index contributed by atoms with van der Waals surface area (Å²) in [7, 11) is 0. The number of para-hydroxylation sites is 1. The van der Waals surface area contributed by atoms with Crippen LogP contribution < -0.4 is 10.9 Å². The summed E-state index contributed by atoms with van der Waals surface area (Å²) in [5.74, 6) is -0.0904. The molecule has 0 bridgehead atoms. The molecule has 0 radical (unpaired) electrons. The summed E-state index contributed by atoms with van der Waals surface area (Å²) < 4.78 is 1.76. The highest BCUT2D eigenvalue weighted by atomic mass is 16.2. The Morgan fingerprint density at radius 3 is 2.95 bits per heavy atom. The predicted molar refractivity (Wildman–Crippen MR) is 85.8 cm³/mol. The van der Waals surface area contributed by atoms with Gasteiger partial charge < -0.3 is 9.88 Å². The maximum absolute atomic E-state index is 12.1. The Labute approximate surface area is 127 Å². The van der Waals surface area contributed by atoms with Gasteiger partial charge in [0.15, 0.2) is 0 Å². The summed E-state index contributed by atoms with van der Waals surface area (Å²) in [5, 5.41) is 10.9. The van der Waals surface area contributed by atoms with Crippen molar-refractivity contribution in [3.8, 4) is 0 Å². The van der Waals surface area contributed by atoms with Gasteiger partial charge in [-0.25, -0.2) is 5.10 Å². The first-order valence-corrected chi connectivity index (χ1v) is 7.43. The maximum Gasteiger partial charge on any atom is 0.288 e. The summed E-state index contributed by atoms with van der Waals surface area (Å²) >= 11 is 0. The number of fused-ring (bicyclic) bond motifs is 3. The lowest BCUT2D eigenvalue weighted by atomic mass is 10.2. The normalized spacial score (nSPS) is 11.1. The van der Waals surface area contributed by atoms with Crippen molar-refractivity contribution in [2.24, 2.45) is 0 Å². The maximum atomic E-state index is 12.1. The average molecular weight is 298 g/mol. The number of aromatic amines is 1. The van der Waals surface area contributed by atoms with Crippen LogP contribution in [0.25, 0.3) is 21.8 Å². The van der Waals surface area contributed by atoms with E-state index in [1.807, 2.05) is 24.3 Å². The van der Waals surface area contributed by atoms with Crippen LogP contribution in [-0.2, 0) is 11.3 Å². The molecule has 2 N–H and O–H groups in total. The molecule has 6 nitrogen and oxygen atoms in total. The van der Waals surface area contributed by atoms with Crippen molar-refractivity contribution in [3.63, 3.8) is 0 Å². The summed E-state index contributed by atoms with van der Waals surface area (Å²) in [6.07, 6.45) is 3.61. The second kappa shape index (κ2) is 6.01. The van der Waals surface area contributed by atoms with Crippen LogP contribution in [0.1, 0.15) is 19.8 Å². The quantitative estimate of drug-likeness (QED) is 0.705. The van der Waals surface area contributed by atoms with E-state index in [1.54, 1.807) is 10.8 Å². The zero-order valence-electron chi connectivity index (χ0n) is 12.4. The van der Waals surface area contributed by atoms with E-state index < -0.39 is 0 Å². The summed E-state index contributed by atoms with van der Waals surface area (Å²) in [6.45, 7) is 2.86. The van der Waals surface area contributed by atoms with Crippen molar-refractivity contribution < 1.29 is 4.79 Å². The zero-order chi connectivity index (χ0) is 15.5. The van der Waals surface area contributed by atoms with Crippen LogP contribution in [0.15, 0.2) is 35.3 Å². The van der Waals surface area contributed by atoms with Crippen LogP contribution in [-0.4, -0.2) is 27.2 Å². The number of H-pyrrole nitrogens is 1. The highest BCUT2D eigenvalue weighted by molar-refractivity contribution is 6.07. The van der Waals surface area contributed by atoms with E-state index in [1.165, 1.54) is 0 Å². The number of nitrogens with one attached hydrogen (secondary N) is 2. The number of aromatic nitrogens is 3. The Bertz CT molecular complexity index is 879. The van der Waals surface area contributed by atoms with Crippen LogP contribution in [0.4, 0.5) is 0 Å². The van der Waals surface area contributed by atoms with Crippen molar-refractivity contribution in [2.45, 2.75) is 26.3 Å². The van der Waals surface area contributed by atoms with Gasteiger partial charge in [0, 0.05) is 22.8 Å². The molecule has 0 aliphatic carbocycles. The Hall–Kier alpha value is -2.63. The molecule has 0 saturated carbocycles. The average Bonchev–Trinajstić information content (AvgIpc) is 2.84. The van der Waals surface area contributed by atoms with Gasteiger partial charge in [-0.1, -0.05) is 31.5 Å². The van der Waals surface area contributed by atoms with Gasteiger partial charge in [-0.2, -0.15) is 5.10 Å². The molecule has 0 fully saturated rings. The third-order valence-electron chi connectivity index (χ3n) is 3.74. The predicted octanol–water partition coefficient (Wildman–Crippen LogP) is 1.79. The molecule has 2 aromatic heterocycles. The van der Waals surface area contributed by atoms with Gasteiger partial charge in [-0.3, -0.25) is 9.59 Å². The molecular weight excluding hydrogens is 280 g/mol. The van der Waals surface area contributed by atoms with E-state index in [0.29, 0.717) is 12.1 Å². The first-order chi connectivity index (χ1) is 10.7. The van der Waals surface area contributed by atoms with Crippen LogP contribution >= 0.6 is 0 Å². The molecule has 1 amide bonds. The fourth-order valence-corrected chi connectivity index (χ4v) is 2.68. The molecule has 22 heavy (non-hydrogen) atoms. The van der Waals surface area contributed by atoms with Crippen LogP contribution in [0.2, 0.25) is 0 Å². The molecule has 0 aliphatic rings. The second-order valence-corrected chi connectivity index (χ2v) is 5.27. The summed E-state index contributed by atoms with van der Waals surface area (Å²) in [4.78, 5) is 24.3. The third kappa shape index (κ3) is 2.47. The molecule has 0 unspecified atom stereocenters. The number of rotatable bonds is 5. The lowest BCUT2D eigenvalue weighted by Gasteiger charge is -2.07. The molecule has 0 saturated heterocycles. The smallest absolute Gasteiger partial charge is 0.288 e. The zero-order valence-corrected chi connectivity index (χ0v) is 12.4. The topological polar surface area (TPSA) is 79.8 Å². The van der Waals surface area contributed by atoms with Crippen LogP contribution in [0.5, 0.6) is 0 Å². The third-order valence-corrected chi connectivity index (χ3v) is 3.74. The minimum Gasteiger partial charge on any atom is -0.355 e. The second-order valence-electron chi connectivity index (χ2n) is 5.27. The van der Waals surface area contributed by atoms with Gasteiger partial charge in [0.05, 0.1) is 6.20 Å². The van der Waals surface area contributed by atoms with Gasteiger partial charge in [0.25, 0.3) is 5.56 Å². The Morgan fingerprint density at radius 1 is 1.32 bits per heavy atom. The number of benzene rings is 1. The van der Waals surface area contributed by atoms with E-state index in [2.05, 4.69) is 22.4 Å². The molecule has 3 aromatic rings. The molecule has 0 aliphatic heterocycles. The van der Waals surface area contributed by atoms with E-state index in [4.69, 9.17) is 0 Å². The minimum absolute atomic E-state index is 0.0904. The van der Waals surface area contributed by atoms with Crippen molar-refractivity contribution in [1.29, 1.82) is 0 Å². The summed E-state index contributed by atoms with van der Waals surface area (Å²) in [6, 6.07) is 7.65. The van der Waals surface area contributed by atoms with Gasteiger partial charge >= 0.3 is 0 Å². The minimum atomic E-state index is -0.282. The van der Waals surface area contributed by atoms with Crippen molar-refractivity contribution in [2.75, 3.05) is 6.54 Å². The molecular formula is C16H18N4O2. The largest absolute Gasteiger partial charge is 0.355 e. The SMILES string of the molecule is CCCCNC(=O)Cn1c2ccccc2c2cn[nH]c(=O)c21. The van der Waals surface area contributed by atoms with E-state index in [-0.39, 0.29) is 18.0 Å². The van der Waals surface area contributed by atoms with E-state index >= 15 is 0 Å². The number of carbonyl (C=O) groups is 1. The Balaban J connectivity index is 2.07. The molecule has 0 atom stereocenters. The molecule has 3 rings (SSSR count). The van der Waals surface area contributed by atoms with Crippen LogP contribution in [0, 0.1) is 0 Å². The monoisotopic (exact) mass is 298 g/mol. The van der Waals surface area contributed by atoms with Crippen molar-refractivity contribution >= 4 is 27.7 Å². The van der Waals surface area contributed by atoms with Crippen molar-refractivity contribution in [3.05, 3.63) is 40.8 Å². The molecule has 1 aromatic carbocycles.